The standard InChI is InChI=1S/C14H14N4O/c1-9-10(8-16-17(9)2)7-13-11-5-3-4-6-12(11)14(19)18(13)15/h3-8H,15H2,1-2H3/b13-7-. The number of nitrogens with two attached hydrogens (primary N) is 1. The van der Waals surface area contributed by atoms with Crippen molar-refractivity contribution in [3.05, 3.63) is 52.8 Å². The fourth-order valence-electron chi connectivity index (χ4n) is 2.21. The van der Waals surface area contributed by atoms with E-state index in [2.05, 4.69) is 5.10 Å². The molecule has 5 heteroatoms. The average Bonchev–Trinajstić information content (AvgIpc) is 2.86. The minimum Gasteiger partial charge on any atom is -0.272 e. The summed E-state index contributed by atoms with van der Waals surface area (Å²) in [6, 6.07) is 7.42. The SMILES string of the molecule is Cc1c(/C=C2/c3ccccc3C(=O)N2N)cnn1C. The predicted molar refractivity (Wildman–Crippen MR) is 72.6 cm³/mol. The van der Waals surface area contributed by atoms with Crippen LogP contribution in [0, 0.1) is 6.92 Å². The molecule has 0 spiro atoms. The maximum absolute atomic E-state index is 12.0. The molecule has 3 rings (SSSR count). The molecule has 2 heterocycles. The Balaban J connectivity index is 2.16. The number of carbonyl (C=O) groups excluding carboxylic acids is 1. The third kappa shape index (κ3) is 1.67. The average molecular weight is 254 g/mol. The number of carbonyl (C=O) groups is 1. The first-order valence-corrected chi connectivity index (χ1v) is 5.98. The molecule has 0 fully saturated rings. The van der Waals surface area contributed by atoms with E-state index >= 15 is 0 Å². The van der Waals surface area contributed by atoms with E-state index in [1.165, 1.54) is 5.01 Å². The third-order valence-corrected chi connectivity index (χ3v) is 3.48. The minimum absolute atomic E-state index is 0.177. The fraction of sp³-hybridized carbons (Fsp3) is 0.143. The summed E-state index contributed by atoms with van der Waals surface area (Å²) in [4.78, 5) is 12.0. The van der Waals surface area contributed by atoms with Crippen LogP contribution in [0.2, 0.25) is 0 Å². The Hall–Kier alpha value is -2.40. The van der Waals surface area contributed by atoms with Gasteiger partial charge in [-0.25, -0.2) is 10.9 Å². The maximum atomic E-state index is 12.0. The highest BCUT2D eigenvalue weighted by atomic mass is 16.2. The summed E-state index contributed by atoms with van der Waals surface area (Å²) >= 11 is 0. The minimum atomic E-state index is -0.177. The number of amides is 1. The Labute approximate surface area is 110 Å². The molecule has 0 unspecified atom stereocenters. The highest BCUT2D eigenvalue weighted by Crippen LogP contribution is 2.31. The molecule has 1 aliphatic heterocycles. The lowest BCUT2D eigenvalue weighted by Gasteiger charge is -2.10. The van der Waals surface area contributed by atoms with Crippen LogP contribution in [0.15, 0.2) is 30.5 Å². The van der Waals surface area contributed by atoms with Gasteiger partial charge in [0.2, 0.25) is 0 Å². The second-order valence-corrected chi connectivity index (χ2v) is 4.56. The Morgan fingerprint density at radius 3 is 2.58 bits per heavy atom. The van der Waals surface area contributed by atoms with Gasteiger partial charge in [0, 0.05) is 23.9 Å². The van der Waals surface area contributed by atoms with Gasteiger partial charge < -0.3 is 0 Å². The van der Waals surface area contributed by atoms with Gasteiger partial charge in [0.05, 0.1) is 17.5 Å². The summed E-state index contributed by atoms with van der Waals surface area (Å²) in [6.07, 6.45) is 3.66. The van der Waals surface area contributed by atoms with Crippen molar-refractivity contribution in [1.29, 1.82) is 0 Å². The predicted octanol–water partition coefficient (Wildman–Crippen LogP) is 1.56. The fourth-order valence-corrected chi connectivity index (χ4v) is 2.21. The normalized spacial score (nSPS) is 16.3. The second kappa shape index (κ2) is 4.07. The number of hydrazine groups is 1. The maximum Gasteiger partial charge on any atom is 0.273 e. The van der Waals surface area contributed by atoms with Crippen LogP contribution in [0.5, 0.6) is 0 Å². The Bertz CT molecular complexity index is 699. The van der Waals surface area contributed by atoms with Gasteiger partial charge in [-0.3, -0.25) is 9.48 Å². The number of benzene rings is 1. The molecule has 0 aliphatic carbocycles. The number of aromatic nitrogens is 2. The van der Waals surface area contributed by atoms with E-state index in [0.29, 0.717) is 11.3 Å². The van der Waals surface area contributed by atoms with Crippen LogP contribution in [0.25, 0.3) is 11.8 Å². The van der Waals surface area contributed by atoms with Crippen molar-refractivity contribution in [2.75, 3.05) is 0 Å². The molecule has 0 saturated carbocycles. The van der Waals surface area contributed by atoms with Crippen molar-refractivity contribution in [3.63, 3.8) is 0 Å². The van der Waals surface area contributed by atoms with E-state index in [0.717, 1.165) is 16.8 Å². The number of aryl methyl sites for hydroxylation is 1. The zero-order valence-electron chi connectivity index (χ0n) is 10.8. The van der Waals surface area contributed by atoms with Gasteiger partial charge in [-0.15, -0.1) is 0 Å². The molecule has 19 heavy (non-hydrogen) atoms. The molecule has 1 aliphatic rings. The number of hydrogen-bond donors (Lipinski definition) is 1. The van der Waals surface area contributed by atoms with Crippen molar-refractivity contribution in [2.24, 2.45) is 12.9 Å². The van der Waals surface area contributed by atoms with Gasteiger partial charge in [0.25, 0.3) is 5.91 Å². The third-order valence-electron chi connectivity index (χ3n) is 3.48. The molecule has 2 N–H and O–H groups in total. The molecule has 1 aromatic carbocycles. The van der Waals surface area contributed by atoms with E-state index in [-0.39, 0.29) is 5.91 Å². The van der Waals surface area contributed by atoms with E-state index in [4.69, 9.17) is 5.84 Å². The first kappa shape index (κ1) is 11.7. The van der Waals surface area contributed by atoms with E-state index < -0.39 is 0 Å². The molecule has 1 amide bonds. The zero-order chi connectivity index (χ0) is 13.6. The van der Waals surface area contributed by atoms with Crippen molar-refractivity contribution < 1.29 is 4.79 Å². The van der Waals surface area contributed by atoms with Crippen LogP contribution < -0.4 is 5.84 Å². The molecule has 0 atom stereocenters. The molecule has 2 aromatic rings. The molecular formula is C14H14N4O. The zero-order valence-corrected chi connectivity index (χ0v) is 10.8. The van der Waals surface area contributed by atoms with Crippen LogP contribution in [-0.2, 0) is 7.05 Å². The monoisotopic (exact) mass is 254 g/mol. The van der Waals surface area contributed by atoms with Crippen molar-refractivity contribution in [2.45, 2.75) is 6.92 Å². The summed E-state index contributed by atoms with van der Waals surface area (Å²) in [6.45, 7) is 1.98. The first-order valence-electron chi connectivity index (χ1n) is 5.98. The summed E-state index contributed by atoms with van der Waals surface area (Å²) < 4.78 is 1.79. The smallest absolute Gasteiger partial charge is 0.272 e. The lowest BCUT2D eigenvalue weighted by atomic mass is 10.1. The van der Waals surface area contributed by atoms with Crippen LogP contribution in [0.1, 0.15) is 27.2 Å². The largest absolute Gasteiger partial charge is 0.273 e. The van der Waals surface area contributed by atoms with Gasteiger partial charge in [-0.2, -0.15) is 5.10 Å². The number of nitrogens with zero attached hydrogens (tertiary/aromatic N) is 3. The lowest BCUT2D eigenvalue weighted by Crippen LogP contribution is -2.30. The van der Waals surface area contributed by atoms with E-state index in [1.54, 1.807) is 16.9 Å². The van der Waals surface area contributed by atoms with Crippen molar-refractivity contribution >= 4 is 17.7 Å². The highest BCUT2D eigenvalue weighted by Gasteiger charge is 2.29. The molecule has 0 radical (unpaired) electrons. The summed E-state index contributed by atoms with van der Waals surface area (Å²) in [7, 11) is 1.88. The number of fused-ring (bicyclic) bond motifs is 1. The molecule has 0 saturated heterocycles. The molecule has 5 nitrogen and oxygen atoms in total. The summed E-state index contributed by atoms with van der Waals surface area (Å²) in [5.41, 5.74) is 4.18. The molecule has 0 bridgehead atoms. The summed E-state index contributed by atoms with van der Waals surface area (Å²) in [5, 5.41) is 5.38. The van der Waals surface area contributed by atoms with Crippen LogP contribution in [-0.4, -0.2) is 20.7 Å². The van der Waals surface area contributed by atoms with Crippen molar-refractivity contribution in [1.82, 2.24) is 14.8 Å². The van der Waals surface area contributed by atoms with E-state index in [9.17, 15) is 4.79 Å². The van der Waals surface area contributed by atoms with Gasteiger partial charge in [-0.1, -0.05) is 18.2 Å². The van der Waals surface area contributed by atoms with E-state index in [1.807, 2.05) is 38.2 Å². The second-order valence-electron chi connectivity index (χ2n) is 4.56. The Morgan fingerprint density at radius 1 is 1.26 bits per heavy atom. The number of rotatable bonds is 1. The number of hydrogen-bond acceptors (Lipinski definition) is 3. The van der Waals surface area contributed by atoms with Crippen LogP contribution in [0.4, 0.5) is 0 Å². The lowest BCUT2D eigenvalue weighted by molar-refractivity contribution is 0.0851. The summed E-state index contributed by atoms with van der Waals surface area (Å²) in [5.74, 6) is 5.69. The van der Waals surface area contributed by atoms with Gasteiger partial charge in [-0.05, 0) is 19.1 Å². The first-order chi connectivity index (χ1) is 9.09. The van der Waals surface area contributed by atoms with Gasteiger partial charge >= 0.3 is 0 Å². The quantitative estimate of drug-likeness (QED) is 0.620. The van der Waals surface area contributed by atoms with Crippen LogP contribution >= 0.6 is 0 Å². The molecular weight excluding hydrogens is 240 g/mol. The Morgan fingerprint density at radius 2 is 1.95 bits per heavy atom. The molecule has 96 valence electrons. The Kier molecular flexibility index (Phi) is 2.50. The van der Waals surface area contributed by atoms with Crippen molar-refractivity contribution in [3.8, 4) is 0 Å². The molecule has 1 aromatic heterocycles. The van der Waals surface area contributed by atoms with Gasteiger partial charge in [0.15, 0.2) is 0 Å². The topological polar surface area (TPSA) is 64.2 Å². The van der Waals surface area contributed by atoms with Crippen LogP contribution in [0.3, 0.4) is 0 Å². The van der Waals surface area contributed by atoms with Gasteiger partial charge in [0.1, 0.15) is 0 Å². The highest BCUT2D eigenvalue weighted by molar-refractivity contribution is 6.11.